The van der Waals surface area contributed by atoms with Gasteiger partial charge in [0.1, 0.15) is 0 Å². The first-order chi connectivity index (χ1) is 7.13. The molecule has 0 saturated heterocycles. The topological polar surface area (TPSA) is 67.8 Å². The van der Waals surface area contributed by atoms with Crippen LogP contribution in [0.3, 0.4) is 0 Å². The summed E-state index contributed by atoms with van der Waals surface area (Å²) in [4.78, 5) is 3.27. The molecule has 1 atom stereocenters. The van der Waals surface area contributed by atoms with Crippen molar-refractivity contribution in [2.24, 2.45) is 11.5 Å². The summed E-state index contributed by atoms with van der Waals surface area (Å²) in [7, 11) is 0. The monoisotopic (exact) mass is 223 g/mol. The van der Waals surface area contributed by atoms with E-state index in [1.54, 1.807) is 0 Å². The van der Waals surface area contributed by atoms with E-state index in [2.05, 4.69) is 4.98 Å². The number of rotatable bonds is 2. The van der Waals surface area contributed by atoms with E-state index in [9.17, 15) is 0 Å². The average Bonchev–Trinajstić information content (AvgIpc) is 2.67. The minimum atomic E-state index is -0.143. The summed E-state index contributed by atoms with van der Waals surface area (Å²) in [6.45, 7) is 2.42. The Hall–Kier alpha value is -1.03. The summed E-state index contributed by atoms with van der Waals surface area (Å²) >= 11 is 6.03. The Morgan fingerprint density at radius 2 is 2.20 bits per heavy atom. The van der Waals surface area contributed by atoms with Crippen LogP contribution in [0.1, 0.15) is 17.3 Å². The molecule has 2 aromatic rings. The zero-order valence-corrected chi connectivity index (χ0v) is 9.31. The molecule has 0 bridgehead atoms. The number of aromatic nitrogens is 1. The molecule has 0 radical (unpaired) electrons. The van der Waals surface area contributed by atoms with E-state index < -0.39 is 0 Å². The number of halogens is 1. The second-order valence-corrected chi connectivity index (χ2v) is 4.11. The molecule has 0 aliphatic carbocycles. The van der Waals surface area contributed by atoms with Crippen LogP contribution in [0.25, 0.3) is 10.9 Å². The third-order valence-electron chi connectivity index (χ3n) is 2.66. The second-order valence-electron chi connectivity index (χ2n) is 3.70. The lowest BCUT2D eigenvalue weighted by Crippen LogP contribution is -2.20. The van der Waals surface area contributed by atoms with Crippen molar-refractivity contribution in [1.82, 2.24) is 4.98 Å². The Labute approximate surface area is 93.4 Å². The van der Waals surface area contributed by atoms with Crippen LogP contribution in [0.4, 0.5) is 0 Å². The summed E-state index contributed by atoms with van der Waals surface area (Å²) in [5.41, 5.74) is 14.4. The van der Waals surface area contributed by atoms with Crippen LogP contribution in [0.5, 0.6) is 0 Å². The molecule has 4 heteroatoms. The molecule has 5 N–H and O–H groups in total. The summed E-state index contributed by atoms with van der Waals surface area (Å²) in [5, 5.41) is 1.88. The van der Waals surface area contributed by atoms with Crippen molar-refractivity contribution in [2.45, 2.75) is 13.0 Å². The SMILES string of the molecule is Cc1c(Cl)ccc2cc(C(N)CN)[nH]c12. The van der Waals surface area contributed by atoms with Crippen molar-refractivity contribution in [2.75, 3.05) is 6.54 Å². The van der Waals surface area contributed by atoms with Gasteiger partial charge in [0.2, 0.25) is 0 Å². The Balaban J connectivity index is 2.61. The van der Waals surface area contributed by atoms with Gasteiger partial charge in [-0.2, -0.15) is 0 Å². The molecule has 3 nitrogen and oxygen atoms in total. The normalized spacial score (nSPS) is 13.3. The highest BCUT2D eigenvalue weighted by Crippen LogP contribution is 2.26. The number of hydrogen-bond donors (Lipinski definition) is 3. The number of nitrogens with one attached hydrogen (secondary N) is 1. The van der Waals surface area contributed by atoms with Crippen LogP contribution >= 0.6 is 11.6 Å². The fourth-order valence-corrected chi connectivity index (χ4v) is 1.83. The van der Waals surface area contributed by atoms with Gasteiger partial charge in [0.25, 0.3) is 0 Å². The maximum absolute atomic E-state index is 6.03. The van der Waals surface area contributed by atoms with Gasteiger partial charge in [-0.3, -0.25) is 0 Å². The second kappa shape index (κ2) is 3.85. The van der Waals surface area contributed by atoms with Gasteiger partial charge in [-0.25, -0.2) is 0 Å². The van der Waals surface area contributed by atoms with Crippen molar-refractivity contribution in [3.8, 4) is 0 Å². The average molecular weight is 224 g/mol. The highest BCUT2D eigenvalue weighted by molar-refractivity contribution is 6.32. The summed E-state index contributed by atoms with van der Waals surface area (Å²) < 4.78 is 0. The predicted octanol–water partition coefficient (Wildman–Crippen LogP) is 2.09. The van der Waals surface area contributed by atoms with E-state index in [1.807, 2.05) is 25.1 Å². The standard InChI is InChI=1S/C11H14ClN3/c1-6-8(12)3-2-7-4-10(9(14)5-13)15-11(6)7/h2-4,9,15H,5,13-14H2,1H3. The first-order valence-electron chi connectivity index (χ1n) is 4.87. The zero-order valence-electron chi connectivity index (χ0n) is 8.55. The molecular weight excluding hydrogens is 210 g/mol. The van der Waals surface area contributed by atoms with Crippen LogP contribution in [-0.2, 0) is 0 Å². The van der Waals surface area contributed by atoms with E-state index in [0.29, 0.717) is 6.54 Å². The molecule has 0 amide bonds. The van der Waals surface area contributed by atoms with Gasteiger partial charge in [0.05, 0.1) is 11.6 Å². The highest BCUT2D eigenvalue weighted by atomic mass is 35.5. The van der Waals surface area contributed by atoms with Gasteiger partial charge >= 0.3 is 0 Å². The van der Waals surface area contributed by atoms with Crippen LogP contribution < -0.4 is 11.5 Å². The molecule has 0 aliphatic heterocycles. The maximum Gasteiger partial charge on any atom is 0.0572 e. The highest BCUT2D eigenvalue weighted by Gasteiger charge is 2.09. The number of hydrogen-bond acceptors (Lipinski definition) is 2. The molecule has 0 saturated carbocycles. The Bertz CT molecular complexity index is 490. The lowest BCUT2D eigenvalue weighted by molar-refractivity contribution is 0.718. The Morgan fingerprint density at radius 1 is 1.47 bits per heavy atom. The van der Waals surface area contributed by atoms with Crippen molar-refractivity contribution >= 4 is 22.5 Å². The molecule has 1 heterocycles. The van der Waals surface area contributed by atoms with E-state index in [4.69, 9.17) is 23.1 Å². The lowest BCUT2D eigenvalue weighted by atomic mass is 10.1. The molecule has 1 aromatic carbocycles. The third kappa shape index (κ3) is 1.74. The number of aromatic amines is 1. The molecule has 15 heavy (non-hydrogen) atoms. The molecule has 1 unspecified atom stereocenters. The Morgan fingerprint density at radius 3 is 2.87 bits per heavy atom. The smallest absolute Gasteiger partial charge is 0.0572 e. The van der Waals surface area contributed by atoms with Gasteiger partial charge in [-0.15, -0.1) is 0 Å². The van der Waals surface area contributed by atoms with Crippen LogP contribution in [0.15, 0.2) is 18.2 Å². The van der Waals surface area contributed by atoms with Crippen molar-refractivity contribution in [1.29, 1.82) is 0 Å². The minimum Gasteiger partial charge on any atom is -0.357 e. The van der Waals surface area contributed by atoms with E-state index in [0.717, 1.165) is 27.2 Å². The summed E-state index contributed by atoms with van der Waals surface area (Å²) in [6.07, 6.45) is 0. The predicted molar refractivity (Wildman–Crippen MR) is 64.0 cm³/mol. The zero-order chi connectivity index (χ0) is 11.0. The molecule has 0 aliphatic rings. The van der Waals surface area contributed by atoms with Crippen LogP contribution in [-0.4, -0.2) is 11.5 Å². The lowest BCUT2D eigenvalue weighted by Gasteiger charge is -2.04. The molecule has 1 aromatic heterocycles. The van der Waals surface area contributed by atoms with E-state index in [-0.39, 0.29) is 6.04 Å². The summed E-state index contributed by atoms with van der Waals surface area (Å²) in [6, 6.07) is 5.75. The number of aryl methyl sites for hydroxylation is 1. The molecule has 0 fully saturated rings. The number of nitrogens with two attached hydrogens (primary N) is 2. The first-order valence-corrected chi connectivity index (χ1v) is 5.24. The third-order valence-corrected chi connectivity index (χ3v) is 3.07. The van der Waals surface area contributed by atoms with Gasteiger partial charge in [0, 0.05) is 22.6 Å². The number of benzene rings is 1. The van der Waals surface area contributed by atoms with Crippen LogP contribution in [0.2, 0.25) is 5.02 Å². The maximum atomic E-state index is 6.03. The minimum absolute atomic E-state index is 0.143. The fraction of sp³-hybridized carbons (Fsp3) is 0.273. The van der Waals surface area contributed by atoms with Gasteiger partial charge in [-0.1, -0.05) is 17.7 Å². The largest absolute Gasteiger partial charge is 0.357 e. The quantitative estimate of drug-likeness (QED) is 0.730. The number of fused-ring (bicyclic) bond motifs is 1. The molecule has 0 spiro atoms. The molecular formula is C11H14ClN3. The van der Waals surface area contributed by atoms with Gasteiger partial charge < -0.3 is 16.5 Å². The molecule has 2 rings (SSSR count). The fourth-order valence-electron chi connectivity index (χ4n) is 1.67. The Kier molecular flexibility index (Phi) is 2.69. The first kappa shape index (κ1) is 10.5. The van der Waals surface area contributed by atoms with E-state index in [1.165, 1.54) is 0 Å². The summed E-state index contributed by atoms with van der Waals surface area (Å²) in [5.74, 6) is 0. The van der Waals surface area contributed by atoms with Gasteiger partial charge in [0.15, 0.2) is 0 Å². The molecule has 80 valence electrons. The van der Waals surface area contributed by atoms with Crippen LogP contribution in [0, 0.1) is 6.92 Å². The van der Waals surface area contributed by atoms with Crippen molar-refractivity contribution in [3.05, 3.63) is 34.5 Å². The van der Waals surface area contributed by atoms with Gasteiger partial charge in [-0.05, 0) is 24.6 Å². The number of H-pyrrole nitrogens is 1. The van der Waals surface area contributed by atoms with E-state index >= 15 is 0 Å². The van der Waals surface area contributed by atoms with Crippen molar-refractivity contribution < 1.29 is 0 Å². The van der Waals surface area contributed by atoms with Crippen molar-refractivity contribution in [3.63, 3.8) is 0 Å².